The molecule has 0 unspecified atom stereocenters. The number of carbonyl (C=O) groups is 1. The highest BCUT2D eigenvalue weighted by atomic mass is 79.9. The van der Waals surface area contributed by atoms with Gasteiger partial charge in [-0.2, -0.15) is 18.3 Å². The quantitative estimate of drug-likeness (QED) is 0.416. The Morgan fingerprint density at radius 3 is 2.57 bits per heavy atom. The Labute approximate surface area is 167 Å². The number of hydrogen-bond acceptors (Lipinski definition) is 3. The standard InChI is InChI=1S/C20H14BrF3N2O2/c21-16-6-4-14(5-7-16)18-9-8-17(28-18)12-25-26-19(27)11-13-2-1-3-15(10-13)20(22,23)24/h1-10,12H,11H2,(H,26,27). The van der Waals surface area contributed by atoms with Gasteiger partial charge in [-0.3, -0.25) is 4.79 Å². The Morgan fingerprint density at radius 1 is 1.11 bits per heavy atom. The van der Waals surface area contributed by atoms with Crippen molar-refractivity contribution in [3.63, 3.8) is 0 Å². The number of hydrogen-bond donors (Lipinski definition) is 1. The summed E-state index contributed by atoms with van der Waals surface area (Å²) in [6.07, 6.45) is -3.34. The van der Waals surface area contributed by atoms with E-state index < -0.39 is 17.6 Å². The fourth-order valence-corrected chi connectivity index (χ4v) is 2.71. The Hall–Kier alpha value is -2.87. The van der Waals surface area contributed by atoms with E-state index >= 15 is 0 Å². The molecular weight excluding hydrogens is 437 g/mol. The van der Waals surface area contributed by atoms with Crippen LogP contribution in [0.15, 0.2) is 74.7 Å². The first-order valence-electron chi connectivity index (χ1n) is 8.15. The molecule has 0 atom stereocenters. The molecular formula is C20H14BrF3N2O2. The van der Waals surface area contributed by atoms with Crippen LogP contribution in [0.1, 0.15) is 16.9 Å². The monoisotopic (exact) mass is 450 g/mol. The first kappa shape index (κ1) is 19.9. The number of carbonyl (C=O) groups excluding carboxylic acids is 1. The number of rotatable bonds is 5. The summed E-state index contributed by atoms with van der Waals surface area (Å²) in [7, 11) is 0. The minimum Gasteiger partial charge on any atom is -0.455 e. The van der Waals surface area contributed by atoms with Crippen LogP contribution in [-0.2, 0) is 17.4 Å². The molecule has 0 aliphatic carbocycles. The van der Waals surface area contributed by atoms with Crippen LogP contribution in [-0.4, -0.2) is 12.1 Å². The zero-order valence-corrected chi connectivity index (χ0v) is 15.9. The van der Waals surface area contributed by atoms with E-state index in [1.54, 1.807) is 12.1 Å². The molecule has 1 amide bonds. The average Bonchev–Trinajstić information content (AvgIpc) is 3.11. The van der Waals surface area contributed by atoms with Gasteiger partial charge in [0.15, 0.2) is 0 Å². The van der Waals surface area contributed by atoms with E-state index in [1.165, 1.54) is 18.3 Å². The van der Waals surface area contributed by atoms with E-state index in [1.807, 2.05) is 24.3 Å². The highest BCUT2D eigenvalue weighted by Gasteiger charge is 2.30. The largest absolute Gasteiger partial charge is 0.455 e. The molecule has 144 valence electrons. The van der Waals surface area contributed by atoms with E-state index in [0.29, 0.717) is 11.5 Å². The van der Waals surface area contributed by atoms with Crippen LogP contribution in [0.2, 0.25) is 0 Å². The third-order valence-electron chi connectivity index (χ3n) is 3.76. The van der Waals surface area contributed by atoms with E-state index in [2.05, 4.69) is 26.5 Å². The average molecular weight is 451 g/mol. The topological polar surface area (TPSA) is 54.6 Å². The van der Waals surface area contributed by atoms with E-state index in [9.17, 15) is 18.0 Å². The van der Waals surface area contributed by atoms with Crippen molar-refractivity contribution in [1.29, 1.82) is 0 Å². The SMILES string of the molecule is O=C(Cc1cccc(C(F)(F)F)c1)NN=Cc1ccc(-c2ccc(Br)cc2)o1. The first-order valence-corrected chi connectivity index (χ1v) is 8.94. The number of nitrogens with one attached hydrogen (secondary N) is 1. The fraction of sp³-hybridized carbons (Fsp3) is 0.100. The number of benzene rings is 2. The second-order valence-electron chi connectivity index (χ2n) is 5.88. The Balaban J connectivity index is 1.58. The van der Waals surface area contributed by atoms with Gasteiger partial charge in [-0.1, -0.05) is 46.3 Å². The molecule has 0 bridgehead atoms. The number of amides is 1. The molecule has 28 heavy (non-hydrogen) atoms. The molecule has 0 fully saturated rings. The lowest BCUT2D eigenvalue weighted by atomic mass is 10.1. The Kier molecular flexibility index (Phi) is 5.99. The lowest BCUT2D eigenvalue weighted by Gasteiger charge is -2.08. The predicted octanol–water partition coefficient (Wildman–Crippen LogP) is 5.42. The van der Waals surface area contributed by atoms with Crippen LogP contribution < -0.4 is 5.43 Å². The molecule has 1 N–H and O–H groups in total. The van der Waals surface area contributed by atoms with E-state index in [4.69, 9.17) is 4.42 Å². The number of hydrazone groups is 1. The van der Waals surface area contributed by atoms with Gasteiger partial charge in [0.25, 0.3) is 0 Å². The molecule has 0 aliphatic heterocycles. The molecule has 0 spiro atoms. The number of furan rings is 1. The molecule has 0 saturated heterocycles. The summed E-state index contributed by atoms with van der Waals surface area (Å²) in [5, 5.41) is 3.78. The lowest BCUT2D eigenvalue weighted by Crippen LogP contribution is -2.20. The first-order chi connectivity index (χ1) is 13.3. The number of alkyl halides is 3. The van der Waals surface area contributed by atoms with Gasteiger partial charge in [-0.25, -0.2) is 5.43 Å². The van der Waals surface area contributed by atoms with Gasteiger partial charge in [0.2, 0.25) is 5.91 Å². The van der Waals surface area contributed by atoms with Crippen molar-refractivity contribution in [2.24, 2.45) is 5.10 Å². The van der Waals surface area contributed by atoms with Crippen molar-refractivity contribution < 1.29 is 22.4 Å². The molecule has 4 nitrogen and oxygen atoms in total. The maximum atomic E-state index is 12.7. The Morgan fingerprint density at radius 2 is 1.86 bits per heavy atom. The zero-order valence-electron chi connectivity index (χ0n) is 14.3. The maximum Gasteiger partial charge on any atom is 0.416 e. The molecule has 0 saturated carbocycles. The summed E-state index contributed by atoms with van der Waals surface area (Å²) < 4.78 is 44.7. The van der Waals surface area contributed by atoms with Crippen molar-refractivity contribution in [2.75, 3.05) is 0 Å². The third kappa shape index (κ3) is 5.32. The minimum absolute atomic E-state index is 0.219. The molecule has 3 rings (SSSR count). The fourth-order valence-electron chi connectivity index (χ4n) is 2.44. The highest BCUT2D eigenvalue weighted by molar-refractivity contribution is 9.10. The summed E-state index contributed by atoms with van der Waals surface area (Å²) in [5.41, 5.74) is 2.62. The van der Waals surface area contributed by atoms with Crippen molar-refractivity contribution in [1.82, 2.24) is 5.43 Å². The number of halogens is 4. The lowest BCUT2D eigenvalue weighted by molar-refractivity contribution is -0.137. The van der Waals surface area contributed by atoms with E-state index in [0.717, 1.165) is 22.2 Å². The van der Waals surface area contributed by atoms with Gasteiger partial charge in [0.1, 0.15) is 11.5 Å². The van der Waals surface area contributed by atoms with Crippen molar-refractivity contribution >= 4 is 28.1 Å². The molecule has 0 radical (unpaired) electrons. The van der Waals surface area contributed by atoms with Crippen LogP contribution >= 0.6 is 15.9 Å². The second-order valence-corrected chi connectivity index (χ2v) is 6.79. The third-order valence-corrected chi connectivity index (χ3v) is 4.28. The van der Waals surface area contributed by atoms with Crippen molar-refractivity contribution in [3.8, 4) is 11.3 Å². The molecule has 3 aromatic rings. The molecule has 2 aromatic carbocycles. The minimum atomic E-state index is -4.45. The van der Waals surface area contributed by atoms with Gasteiger partial charge in [-0.15, -0.1) is 0 Å². The summed E-state index contributed by atoms with van der Waals surface area (Å²) in [6.45, 7) is 0. The molecule has 1 heterocycles. The molecule has 0 aliphatic rings. The van der Waals surface area contributed by atoms with Crippen LogP contribution in [0.25, 0.3) is 11.3 Å². The van der Waals surface area contributed by atoms with Gasteiger partial charge >= 0.3 is 6.18 Å². The zero-order chi connectivity index (χ0) is 20.1. The van der Waals surface area contributed by atoms with Gasteiger partial charge in [-0.05, 0) is 35.9 Å². The smallest absolute Gasteiger partial charge is 0.416 e. The van der Waals surface area contributed by atoms with Crippen molar-refractivity contribution in [3.05, 3.63) is 82.0 Å². The van der Waals surface area contributed by atoms with E-state index in [-0.39, 0.29) is 12.0 Å². The van der Waals surface area contributed by atoms with Crippen LogP contribution in [0.4, 0.5) is 13.2 Å². The van der Waals surface area contributed by atoms with Gasteiger partial charge < -0.3 is 4.42 Å². The van der Waals surface area contributed by atoms with Gasteiger partial charge in [0, 0.05) is 10.0 Å². The summed E-state index contributed by atoms with van der Waals surface area (Å²) in [4.78, 5) is 11.9. The van der Waals surface area contributed by atoms with Crippen LogP contribution in [0.5, 0.6) is 0 Å². The predicted molar refractivity (Wildman–Crippen MR) is 103 cm³/mol. The second kappa shape index (κ2) is 8.43. The highest BCUT2D eigenvalue weighted by Crippen LogP contribution is 2.29. The summed E-state index contributed by atoms with van der Waals surface area (Å²) in [5.74, 6) is 0.539. The van der Waals surface area contributed by atoms with Crippen LogP contribution in [0.3, 0.4) is 0 Å². The Bertz CT molecular complexity index is 995. The van der Waals surface area contributed by atoms with Crippen molar-refractivity contribution in [2.45, 2.75) is 12.6 Å². The number of nitrogens with zero attached hydrogens (tertiary/aromatic N) is 1. The van der Waals surface area contributed by atoms with Crippen LogP contribution in [0, 0.1) is 0 Å². The maximum absolute atomic E-state index is 12.7. The van der Waals surface area contributed by atoms with Gasteiger partial charge in [0.05, 0.1) is 18.2 Å². The normalized spacial score (nSPS) is 11.7. The molecule has 8 heteroatoms. The molecule has 1 aromatic heterocycles. The summed E-state index contributed by atoms with van der Waals surface area (Å²) >= 11 is 3.36. The summed E-state index contributed by atoms with van der Waals surface area (Å²) in [6, 6.07) is 15.6.